The van der Waals surface area contributed by atoms with Crippen LogP contribution < -0.4 is 0 Å². The van der Waals surface area contributed by atoms with Crippen molar-refractivity contribution in [1.29, 1.82) is 0 Å². The fraction of sp³-hybridized carbons (Fsp3) is 0.308. The molecule has 0 N–H and O–H groups in total. The third-order valence-corrected chi connectivity index (χ3v) is 2.34. The molecule has 0 saturated carbocycles. The number of rotatable bonds is 5. The van der Waals surface area contributed by atoms with E-state index in [1.165, 1.54) is 0 Å². The summed E-state index contributed by atoms with van der Waals surface area (Å²) in [5.41, 5.74) is 1.10. The Balaban J connectivity index is 2.88. The van der Waals surface area contributed by atoms with E-state index in [-0.39, 0.29) is 11.7 Å². The van der Waals surface area contributed by atoms with E-state index < -0.39 is 0 Å². The molecule has 1 nitrogen and oxygen atoms in total. The van der Waals surface area contributed by atoms with Crippen molar-refractivity contribution in [2.75, 3.05) is 0 Å². The number of carbonyl (C=O) groups is 1. The zero-order chi connectivity index (χ0) is 10.4. The largest absolute Gasteiger partial charge is 0.299 e. The Morgan fingerprint density at radius 1 is 1.43 bits per heavy atom. The number of hydrogen-bond donors (Lipinski definition) is 0. The van der Waals surface area contributed by atoms with Crippen molar-refractivity contribution in [2.24, 2.45) is 0 Å². The molecule has 0 aliphatic rings. The average Bonchev–Trinajstić information content (AvgIpc) is 2.26. The molecule has 0 spiro atoms. The molecule has 0 aliphatic heterocycles. The normalized spacial score (nSPS) is 12.1. The van der Waals surface area contributed by atoms with Gasteiger partial charge in [-0.05, 0) is 12.0 Å². The number of ketones is 1. The van der Waals surface area contributed by atoms with Gasteiger partial charge in [-0.15, -0.1) is 6.58 Å². The first kappa shape index (κ1) is 10.7. The van der Waals surface area contributed by atoms with Crippen molar-refractivity contribution in [3.63, 3.8) is 0 Å². The Morgan fingerprint density at radius 2 is 2.07 bits per heavy atom. The summed E-state index contributed by atoms with van der Waals surface area (Å²) in [5.74, 6) is 0.287. The van der Waals surface area contributed by atoms with Crippen molar-refractivity contribution in [2.45, 2.75) is 25.7 Å². The summed E-state index contributed by atoms with van der Waals surface area (Å²) in [7, 11) is 0. The highest BCUT2D eigenvalue weighted by atomic mass is 16.1. The van der Waals surface area contributed by atoms with Crippen LogP contribution in [0.2, 0.25) is 0 Å². The molecule has 0 bridgehead atoms. The standard InChI is InChI=1S/C13H16O/c1-3-8-12(13(14)4-2)11-9-6-5-7-10-11/h3,5-7,9-10,12H,1,4,8H2,2H3. The molecule has 0 aliphatic carbocycles. The van der Waals surface area contributed by atoms with Crippen LogP contribution in [0.4, 0.5) is 0 Å². The van der Waals surface area contributed by atoms with Gasteiger partial charge in [0.05, 0.1) is 0 Å². The van der Waals surface area contributed by atoms with Gasteiger partial charge >= 0.3 is 0 Å². The number of carbonyl (C=O) groups excluding carboxylic acids is 1. The van der Waals surface area contributed by atoms with Gasteiger partial charge in [-0.1, -0.05) is 43.3 Å². The Hall–Kier alpha value is -1.37. The van der Waals surface area contributed by atoms with E-state index in [0.29, 0.717) is 6.42 Å². The molecule has 0 amide bonds. The molecular formula is C13H16O. The van der Waals surface area contributed by atoms with E-state index in [1.807, 2.05) is 43.3 Å². The van der Waals surface area contributed by atoms with E-state index >= 15 is 0 Å². The summed E-state index contributed by atoms with van der Waals surface area (Å²) in [4.78, 5) is 11.7. The maximum atomic E-state index is 11.7. The van der Waals surface area contributed by atoms with Crippen molar-refractivity contribution in [3.05, 3.63) is 48.6 Å². The summed E-state index contributed by atoms with van der Waals surface area (Å²) in [6, 6.07) is 9.90. The van der Waals surface area contributed by atoms with Crippen LogP contribution in [0.25, 0.3) is 0 Å². The van der Waals surface area contributed by atoms with E-state index in [2.05, 4.69) is 6.58 Å². The summed E-state index contributed by atoms with van der Waals surface area (Å²) >= 11 is 0. The van der Waals surface area contributed by atoms with Gasteiger partial charge in [0.15, 0.2) is 0 Å². The van der Waals surface area contributed by atoms with Gasteiger partial charge in [0.2, 0.25) is 0 Å². The summed E-state index contributed by atoms with van der Waals surface area (Å²) < 4.78 is 0. The zero-order valence-electron chi connectivity index (χ0n) is 8.57. The topological polar surface area (TPSA) is 17.1 Å². The van der Waals surface area contributed by atoms with Crippen LogP contribution in [0.5, 0.6) is 0 Å². The van der Waals surface area contributed by atoms with Crippen molar-refractivity contribution in [1.82, 2.24) is 0 Å². The minimum Gasteiger partial charge on any atom is -0.299 e. The van der Waals surface area contributed by atoms with Crippen LogP contribution in [0, 0.1) is 0 Å². The smallest absolute Gasteiger partial charge is 0.140 e. The quantitative estimate of drug-likeness (QED) is 0.648. The second kappa shape index (κ2) is 5.38. The molecule has 1 aromatic rings. The number of hydrogen-bond acceptors (Lipinski definition) is 1. The monoisotopic (exact) mass is 188 g/mol. The molecule has 0 heterocycles. The second-order valence-electron chi connectivity index (χ2n) is 3.31. The molecule has 1 aromatic carbocycles. The van der Waals surface area contributed by atoms with Crippen LogP contribution in [-0.2, 0) is 4.79 Å². The predicted octanol–water partition coefficient (Wildman–Crippen LogP) is 3.33. The predicted molar refractivity (Wildman–Crippen MR) is 59.3 cm³/mol. The first-order valence-electron chi connectivity index (χ1n) is 4.98. The first-order chi connectivity index (χ1) is 6.79. The lowest BCUT2D eigenvalue weighted by atomic mass is 9.90. The van der Waals surface area contributed by atoms with Crippen LogP contribution in [0.3, 0.4) is 0 Å². The van der Waals surface area contributed by atoms with Gasteiger partial charge in [-0.2, -0.15) is 0 Å². The fourth-order valence-electron chi connectivity index (χ4n) is 1.55. The van der Waals surface area contributed by atoms with E-state index in [4.69, 9.17) is 0 Å². The lowest BCUT2D eigenvalue weighted by Gasteiger charge is -2.12. The van der Waals surface area contributed by atoms with Crippen molar-refractivity contribution in [3.8, 4) is 0 Å². The highest BCUT2D eigenvalue weighted by Gasteiger charge is 2.16. The number of Topliss-reactive ketones (excluding diaryl/α,β-unsaturated/α-hetero) is 1. The molecule has 1 unspecified atom stereocenters. The van der Waals surface area contributed by atoms with Gasteiger partial charge in [0.1, 0.15) is 5.78 Å². The maximum absolute atomic E-state index is 11.7. The summed E-state index contributed by atoms with van der Waals surface area (Å²) in [6.45, 7) is 5.59. The van der Waals surface area contributed by atoms with Gasteiger partial charge in [0.25, 0.3) is 0 Å². The minimum absolute atomic E-state index is 0.00120. The lowest BCUT2D eigenvalue weighted by molar-refractivity contribution is -0.120. The minimum atomic E-state index is -0.00120. The third-order valence-electron chi connectivity index (χ3n) is 2.34. The highest BCUT2D eigenvalue weighted by molar-refractivity contribution is 5.85. The molecule has 0 fully saturated rings. The van der Waals surface area contributed by atoms with Crippen molar-refractivity contribution >= 4 is 5.78 Å². The van der Waals surface area contributed by atoms with E-state index in [9.17, 15) is 4.79 Å². The molecule has 14 heavy (non-hydrogen) atoms. The van der Waals surface area contributed by atoms with Crippen LogP contribution in [0.15, 0.2) is 43.0 Å². The Bertz CT molecular complexity index is 300. The summed E-state index contributed by atoms with van der Waals surface area (Å²) in [5, 5.41) is 0. The SMILES string of the molecule is C=CCC(C(=O)CC)c1ccccc1. The van der Waals surface area contributed by atoms with Crippen LogP contribution in [-0.4, -0.2) is 5.78 Å². The Morgan fingerprint density at radius 3 is 2.57 bits per heavy atom. The van der Waals surface area contributed by atoms with Crippen LogP contribution in [0.1, 0.15) is 31.2 Å². The van der Waals surface area contributed by atoms with Crippen LogP contribution >= 0.6 is 0 Å². The molecule has 0 saturated heterocycles. The molecule has 0 radical (unpaired) electrons. The Labute approximate surface area is 85.5 Å². The lowest BCUT2D eigenvalue weighted by Crippen LogP contribution is -2.10. The Kier molecular flexibility index (Phi) is 4.11. The average molecular weight is 188 g/mol. The number of benzene rings is 1. The molecular weight excluding hydrogens is 172 g/mol. The second-order valence-corrected chi connectivity index (χ2v) is 3.31. The third kappa shape index (κ3) is 2.56. The molecule has 0 aromatic heterocycles. The van der Waals surface area contributed by atoms with Gasteiger partial charge in [0, 0.05) is 12.3 Å². The van der Waals surface area contributed by atoms with Gasteiger partial charge in [-0.3, -0.25) is 4.79 Å². The molecule has 1 atom stereocenters. The first-order valence-corrected chi connectivity index (χ1v) is 4.98. The highest BCUT2D eigenvalue weighted by Crippen LogP contribution is 2.21. The fourth-order valence-corrected chi connectivity index (χ4v) is 1.55. The van der Waals surface area contributed by atoms with Crippen molar-refractivity contribution < 1.29 is 4.79 Å². The maximum Gasteiger partial charge on any atom is 0.140 e. The van der Waals surface area contributed by atoms with E-state index in [0.717, 1.165) is 12.0 Å². The summed E-state index contributed by atoms with van der Waals surface area (Å²) in [6.07, 6.45) is 3.13. The molecule has 1 heteroatoms. The zero-order valence-corrected chi connectivity index (χ0v) is 8.57. The number of allylic oxidation sites excluding steroid dienone is 1. The van der Waals surface area contributed by atoms with Gasteiger partial charge in [-0.25, -0.2) is 0 Å². The molecule has 1 rings (SSSR count). The van der Waals surface area contributed by atoms with E-state index in [1.54, 1.807) is 0 Å². The molecule has 74 valence electrons. The van der Waals surface area contributed by atoms with Gasteiger partial charge < -0.3 is 0 Å².